The van der Waals surface area contributed by atoms with Crippen LogP contribution in [0.1, 0.15) is 22.8 Å². The molecule has 2 rings (SSSR count). The summed E-state index contributed by atoms with van der Waals surface area (Å²) in [6.45, 7) is 1.54. The van der Waals surface area contributed by atoms with E-state index in [2.05, 4.69) is 22.6 Å². The number of aliphatic hydroxyl groups excluding tert-OH is 1. The molecule has 2 aromatic rings. The van der Waals surface area contributed by atoms with Gasteiger partial charge in [-0.05, 0) is 58.8 Å². The normalized spacial score (nSPS) is 12.5. The van der Waals surface area contributed by atoms with Crippen LogP contribution in [0, 0.1) is 22.1 Å². The van der Waals surface area contributed by atoms with Crippen LogP contribution in [-0.4, -0.2) is 5.11 Å². The standard InChI is InChI=1S/C14H11F2IO/c1-8-5-6-11(15)12(13(8)16)14(18)9-3-2-4-10(17)7-9/h2-7,14,18H,1H3. The maximum atomic E-state index is 13.9. The highest BCUT2D eigenvalue weighted by atomic mass is 127. The van der Waals surface area contributed by atoms with Crippen LogP contribution < -0.4 is 0 Å². The van der Waals surface area contributed by atoms with Crippen molar-refractivity contribution in [2.45, 2.75) is 13.0 Å². The minimum absolute atomic E-state index is 0.294. The van der Waals surface area contributed by atoms with Crippen molar-refractivity contribution in [1.82, 2.24) is 0 Å². The molecule has 0 radical (unpaired) electrons. The lowest BCUT2D eigenvalue weighted by atomic mass is 9.99. The Bertz CT molecular complexity index is 584. The maximum absolute atomic E-state index is 13.9. The quantitative estimate of drug-likeness (QED) is 0.804. The fraction of sp³-hybridized carbons (Fsp3) is 0.143. The summed E-state index contributed by atoms with van der Waals surface area (Å²) in [5.74, 6) is -1.43. The van der Waals surface area contributed by atoms with Crippen molar-refractivity contribution >= 4 is 22.6 Å². The Morgan fingerprint density at radius 3 is 2.56 bits per heavy atom. The molecule has 0 heterocycles. The Labute approximate surface area is 118 Å². The second kappa shape index (κ2) is 5.32. The summed E-state index contributed by atoms with van der Waals surface area (Å²) in [6, 6.07) is 9.46. The smallest absolute Gasteiger partial charge is 0.135 e. The number of hydrogen-bond acceptors (Lipinski definition) is 1. The molecule has 0 aliphatic rings. The van der Waals surface area contributed by atoms with Crippen molar-refractivity contribution < 1.29 is 13.9 Å². The van der Waals surface area contributed by atoms with Crippen LogP contribution in [0.15, 0.2) is 36.4 Å². The van der Waals surface area contributed by atoms with Crippen molar-refractivity contribution in [3.05, 3.63) is 68.3 Å². The summed E-state index contributed by atoms with van der Waals surface area (Å²) >= 11 is 2.08. The van der Waals surface area contributed by atoms with Gasteiger partial charge in [-0.25, -0.2) is 8.78 Å². The predicted octanol–water partition coefficient (Wildman–Crippen LogP) is 3.96. The lowest BCUT2D eigenvalue weighted by Crippen LogP contribution is -2.07. The number of benzene rings is 2. The summed E-state index contributed by atoms with van der Waals surface area (Å²) < 4.78 is 28.5. The van der Waals surface area contributed by atoms with Crippen LogP contribution in [0.4, 0.5) is 8.78 Å². The largest absolute Gasteiger partial charge is 0.383 e. The molecule has 0 aliphatic heterocycles. The topological polar surface area (TPSA) is 20.2 Å². The summed E-state index contributed by atoms with van der Waals surface area (Å²) in [7, 11) is 0. The van der Waals surface area contributed by atoms with Gasteiger partial charge in [-0.15, -0.1) is 0 Å². The fourth-order valence-corrected chi connectivity index (χ4v) is 2.34. The zero-order valence-electron chi connectivity index (χ0n) is 9.62. The Morgan fingerprint density at radius 2 is 1.89 bits per heavy atom. The average molecular weight is 360 g/mol. The monoisotopic (exact) mass is 360 g/mol. The lowest BCUT2D eigenvalue weighted by molar-refractivity contribution is 0.208. The van der Waals surface area contributed by atoms with Gasteiger partial charge < -0.3 is 5.11 Å². The van der Waals surface area contributed by atoms with E-state index in [1.54, 1.807) is 25.1 Å². The molecular formula is C14H11F2IO. The van der Waals surface area contributed by atoms with Crippen LogP contribution in [0.5, 0.6) is 0 Å². The lowest BCUT2D eigenvalue weighted by Gasteiger charge is -2.14. The molecule has 0 spiro atoms. The highest BCUT2D eigenvalue weighted by Gasteiger charge is 2.21. The molecule has 18 heavy (non-hydrogen) atoms. The fourth-order valence-electron chi connectivity index (χ4n) is 1.77. The Hall–Kier alpha value is -1.01. The van der Waals surface area contributed by atoms with Gasteiger partial charge >= 0.3 is 0 Å². The third-order valence-corrected chi connectivity index (χ3v) is 3.43. The average Bonchev–Trinajstić information content (AvgIpc) is 2.34. The van der Waals surface area contributed by atoms with E-state index >= 15 is 0 Å². The van der Waals surface area contributed by atoms with Gasteiger partial charge in [0.05, 0.1) is 5.56 Å². The zero-order valence-corrected chi connectivity index (χ0v) is 11.8. The molecule has 94 valence electrons. The van der Waals surface area contributed by atoms with Gasteiger partial charge in [0.15, 0.2) is 0 Å². The molecule has 2 aromatic carbocycles. The van der Waals surface area contributed by atoms with Crippen molar-refractivity contribution in [2.24, 2.45) is 0 Å². The SMILES string of the molecule is Cc1ccc(F)c(C(O)c2cccc(I)c2)c1F. The molecule has 1 atom stereocenters. The molecule has 1 N–H and O–H groups in total. The van der Waals surface area contributed by atoms with E-state index in [4.69, 9.17) is 0 Å². The molecule has 0 saturated heterocycles. The van der Waals surface area contributed by atoms with Crippen LogP contribution >= 0.6 is 22.6 Å². The number of rotatable bonds is 2. The maximum Gasteiger partial charge on any atom is 0.135 e. The second-order valence-electron chi connectivity index (χ2n) is 4.05. The van der Waals surface area contributed by atoms with Gasteiger partial charge in [0, 0.05) is 3.57 Å². The van der Waals surface area contributed by atoms with E-state index in [1.807, 2.05) is 6.07 Å². The molecule has 0 amide bonds. The van der Waals surface area contributed by atoms with E-state index in [-0.39, 0.29) is 5.56 Å². The Kier molecular flexibility index (Phi) is 3.97. The Balaban J connectivity index is 2.52. The van der Waals surface area contributed by atoms with Gasteiger partial charge in [-0.1, -0.05) is 18.2 Å². The van der Waals surface area contributed by atoms with E-state index in [0.29, 0.717) is 11.1 Å². The summed E-state index contributed by atoms with van der Waals surface area (Å²) in [6.07, 6.45) is -1.29. The number of aliphatic hydroxyl groups is 1. The van der Waals surface area contributed by atoms with Crippen molar-refractivity contribution in [3.8, 4) is 0 Å². The van der Waals surface area contributed by atoms with Crippen LogP contribution in [0.25, 0.3) is 0 Å². The van der Waals surface area contributed by atoms with E-state index < -0.39 is 17.7 Å². The highest BCUT2D eigenvalue weighted by Crippen LogP contribution is 2.29. The highest BCUT2D eigenvalue weighted by molar-refractivity contribution is 14.1. The molecule has 0 bridgehead atoms. The molecule has 1 nitrogen and oxygen atoms in total. The van der Waals surface area contributed by atoms with E-state index in [0.717, 1.165) is 3.57 Å². The molecular weight excluding hydrogens is 349 g/mol. The summed E-state index contributed by atoms with van der Waals surface area (Å²) in [5.41, 5.74) is 0.498. The Morgan fingerprint density at radius 1 is 1.17 bits per heavy atom. The van der Waals surface area contributed by atoms with Gasteiger partial charge in [-0.2, -0.15) is 0 Å². The van der Waals surface area contributed by atoms with Gasteiger partial charge in [0.1, 0.15) is 17.7 Å². The van der Waals surface area contributed by atoms with Gasteiger partial charge in [0.2, 0.25) is 0 Å². The minimum Gasteiger partial charge on any atom is -0.383 e. The molecule has 0 aliphatic carbocycles. The molecule has 1 unspecified atom stereocenters. The number of aryl methyl sites for hydroxylation is 1. The molecule has 0 saturated carbocycles. The number of halogens is 3. The van der Waals surface area contributed by atoms with Crippen molar-refractivity contribution in [3.63, 3.8) is 0 Å². The zero-order chi connectivity index (χ0) is 13.3. The first kappa shape index (κ1) is 13.4. The minimum atomic E-state index is -1.29. The first-order valence-electron chi connectivity index (χ1n) is 5.38. The van der Waals surface area contributed by atoms with Crippen molar-refractivity contribution in [1.29, 1.82) is 0 Å². The van der Waals surface area contributed by atoms with Crippen LogP contribution in [0.3, 0.4) is 0 Å². The molecule has 4 heteroatoms. The third kappa shape index (κ3) is 2.54. The van der Waals surface area contributed by atoms with E-state index in [9.17, 15) is 13.9 Å². The molecule has 0 fully saturated rings. The van der Waals surface area contributed by atoms with Crippen LogP contribution in [0.2, 0.25) is 0 Å². The predicted molar refractivity (Wildman–Crippen MR) is 74.3 cm³/mol. The molecule has 0 aromatic heterocycles. The van der Waals surface area contributed by atoms with Gasteiger partial charge in [0.25, 0.3) is 0 Å². The third-order valence-electron chi connectivity index (χ3n) is 2.76. The van der Waals surface area contributed by atoms with Crippen molar-refractivity contribution in [2.75, 3.05) is 0 Å². The second-order valence-corrected chi connectivity index (χ2v) is 5.30. The van der Waals surface area contributed by atoms with Gasteiger partial charge in [-0.3, -0.25) is 0 Å². The first-order chi connectivity index (χ1) is 8.50. The van der Waals surface area contributed by atoms with E-state index in [1.165, 1.54) is 12.1 Å². The first-order valence-corrected chi connectivity index (χ1v) is 6.46. The number of hydrogen-bond donors (Lipinski definition) is 1. The summed E-state index contributed by atoms with van der Waals surface area (Å²) in [4.78, 5) is 0. The summed E-state index contributed by atoms with van der Waals surface area (Å²) in [5, 5.41) is 10.1. The van der Waals surface area contributed by atoms with Crippen LogP contribution in [-0.2, 0) is 0 Å².